The molecule has 2 atom stereocenters. The first-order chi connectivity index (χ1) is 8.02. The molecule has 1 aromatic carbocycles. The predicted molar refractivity (Wildman–Crippen MR) is 71.0 cm³/mol. The van der Waals surface area contributed by atoms with Gasteiger partial charge in [0.15, 0.2) is 0 Å². The number of halogens is 2. The minimum absolute atomic E-state index is 0.281. The molecule has 0 radical (unpaired) electrons. The molecule has 0 amide bonds. The van der Waals surface area contributed by atoms with Gasteiger partial charge in [-0.15, -0.1) is 0 Å². The van der Waals surface area contributed by atoms with Crippen LogP contribution in [0, 0.1) is 17.7 Å². The summed E-state index contributed by atoms with van der Waals surface area (Å²) in [6.45, 7) is 4.56. The Morgan fingerprint density at radius 2 is 1.76 bits per heavy atom. The van der Waals surface area contributed by atoms with Crippen molar-refractivity contribution in [2.75, 3.05) is 5.32 Å². The van der Waals surface area contributed by atoms with E-state index in [0.29, 0.717) is 11.1 Å². The van der Waals surface area contributed by atoms with Gasteiger partial charge in [0.25, 0.3) is 0 Å². The molecular formula is C14H19ClFN. The maximum atomic E-state index is 13.2. The summed E-state index contributed by atoms with van der Waals surface area (Å²) in [7, 11) is 0. The average molecular weight is 256 g/mol. The van der Waals surface area contributed by atoms with Crippen molar-refractivity contribution in [1.29, 1.82) is 0 Å². The van der Waals surface area contributed by atoms with Gasteiger partial charge in [-0.25, -0.2) is 4.39 Å². The lowest BCUT2D eigenvalue weighted by molar-refractivity contribution is 0.281. The molecule has 94 valence electrons. The second-order valence-corrected chi connectivity index (χ2v) is 5.85. The second kappa shape index (κ2) is 5.26. The van der Waals surface area contributed by atoms with E-state index in [-0.39, 0.29) is 5.82 Å². The van der Waals surface area contributed by atoms with E-state index in [0.717, 1.165) is 30.4 Å². The molecule has 3 heteroatoms. The van der Waals surface area contributed by atoms with Crippen LogP contribution in [0.1, 0.15) is 33.1 Å². The molecule has 0 aliphatic heterocycles. The van der Waals surface area contributed by atoms with Crippen LogP contribution in [0.3, 0.4) is 0 Å². The van der Waals surface area contributed by atoms with Gasteiger partial charge in [0.05, 0.1) is 0 Å². The van der Waals surface area contributed by atoms with Gasteiger partial charge in [0, 0.05) is 16.8 Å². The Morgan fingerprint density at radius 1 is 1.12 bits per heavy atom. The van der Waals surface area contributed by atoms with E-state index in [2.05, 4.69) is 19.2 Å². The van der Waals surface area contributed by atoms with Crippen molar-refractivity contribution in [1.82, 2.24) is 0 Å². The topological polar surface area (TPSA) is 12.0 Å². The highest BCUT2D eigenvalue weighted by Crippen LogP contribution is 2.31. The van der Waals surface area contributed by atoms with Crippen LogP contribution in [0.25, 0.3) is 0 Å². The SMILES string of the molecule is CC1CC(C)CC(Nc2cc(F)cc(Cl)c2)C1. The summed E-state index contributed by atoms with van der Waals surface area (Å²) in [5.74, 6) is 1.19. The first-order valence-corrected chi connectivity index (χ1v) is 6.63. The lowest BCUT2D eigenvalue weighted by Gasteiger charge is -2.32. The Balaban J connectivity index is 2.04. The molecule has 0 spiro atoms. The Kier molecular flexibility index (Phi) is 3.93. The van der Waals surface area contributed by atoms with Gasteiger partial charge >= 0.3 is 0 Å². The number of benzene rings is 1. The highest BCUT2D eigenvalue weighted by atomic mass is 35.5. The van der Waals surface area contributed by atoms with Crippen LogP contribution in [0.5, 0.6) is 0 Å². The minimum atomic E-state index is -0.281. The third-order valence-corrected chi connectivity index (χ3v) is 3.63. The quantitative estimate of drug-likeness (QED) is 0.807. The third kappa shape index (κ3) is 3.60. The van der Waals surface area contributed by atoms with Crippen LogP contribution < -0.4 is 5.32 Å². The minimum Gasteiger partial charge on any atom is -0.382 e. The fourth-order valence-electron chi connectivity index (χ4n) is 2.94. The lowest BCUT2D eigenvalue weighted by Crippen LogP contribution is -2.30. The van der Waals surface area contributed by atoms with Crippen LogP contribution >= 0.6 is 11.6 Å². The van der Waals surface area contributed by atoms with E-state index in [4.69, 9.17) is 11.6 Å². The van der Waals surface area contributed by atoms with Gasteiger partial charge in [-0.1, -0.05) is 25.4 Å². The number of anilines is 1. The van der Waals surface area contributed by atoms with E-state index in [1.165, 1.54) is 18.6 Å². The number of hydrogen-bond donors (Lipinski definition) is 1. The van der Waals surface area contributed by atoms with E-state index in [1.54, 1.807) is 6.07 Å². The monoisotopic (exact) mass is 255 g/mol. The smallest absolute Gasteiger partial charge is 0.126 e. The van der Waals surface area contributed by atoms with Crippen LogP contribution in [0.4, 0.5) is 10.1 Å². The van der Waals surface area contributed by atoms with E-state index in [9.17, 15) is 4.39 Å². The van der Waals surface area contributed by atoms with Crippen LogP contribution in [-0.4, -0.2) is 6.04 Å². The summed E-state index contributed by atoms with van der Waals surface area (Å²) in [4.78, 5) is 0. The lowest BCUT2D eigenvalue weighted by atomic mass is 9.80. The molecule has 0 bridgehead atoms. The maximum absolute atomic E-state index is 13.2. The van der Waals surface area contributed by atoms with Crippen LogP contribution in [0.2, 0.25) is 5.02 Å². The van der Waals surface area contributed by atoms with Gasteiger partial charge in [0.1, 0.15) is 5.82 Å². The van der Waals surface area contributed by atoms with Crippen molar-refractivity contribution < 1.29 is 4.39 Å². The summed E-state index contributed by atoms with van der Waals surface area (Å²) >= 11 is 5.85. The van der Waals surface area contributed by atoms with E-state index >= 15 is 0 Å². The van der Waals surface area contributed by atoms with Crippen molar-refractivity contribution in [3.8, 4) is 0 Å². The van der Waals surface area contributed by atoms with Crippen molar-refractivity contribution >= 4 is 17.3 Å². The standard InChI is InChI=1S/C14H19ClFN/c1-9-3-10(2)5-13(4-9)17-14-7-11(15)6-12(16)8-14/h6-10,13,17H,3-5H2,1-2H3. The Labute approximate surface area is 107 Å². The molecule has 1 aromatic rings. The van der Waals surface area contributed by atoms with Gasteiger partial charge in [-0.3, -0.25) is 0 Å². The Bertz CT molecular complexity index is 364. The molecule has 0 heterocycles. The molecule has 17 heavy (non-hydrogen) atoms. The summed E-state index contributed by atoms with van der Waals surface area (Å²) in [6, 6.07) is 5.06. The largest absolute Gasteiger partial charge is 0.382 e. The van der Waals surface area contributed by atoms with Crippen LogP contribution in [0.15, 0.2) is 18.2 Å². The first kappa shape index (κ1) is 12.7. The summed E-state index contributed by atoms with van der Waals surface area (Å²) in [5, 5.41) is 3.85. The summed E-state index contributed by atoms with van der Waals surface area (Å²) in [6.07, 6.45) is 3.60. The molecular weight excluding hydrogens is 237 g/mol. The van der Waals surface area contributed by atoms with Gasteiger partial charge in [-0.05, 0) is 49.3 Å². The van der Waals surface area contributed by atoms with Crippen molar-refractivity contribution in [2.45, 2.75) is 39.2 Å². The Hall–Kier alpha value is -0.760. The number of hydrogen-bond acceptors (Lipinski definition) is 1. The van der Waals surface area contributed by atoms with E-state index < -0.39 is 0 Å². The summed E-state index contributed by atoms with van der Waals surface area (Å²) in [5.41, 5.74) is 0.793. The Morgan fingerprint density at radius 3 is 2.35 bits per heavy atom. The van der Waals surface area contributed by atoms with E-state index in [1.807, 2.05) is 0 Å². The highest BCUT2D eigenvalue weighted by Gasteiger charge is 2.23. The first-order valence-electron chi connectivity index (χ1n) is 6.25. The molecule has 1 aliphatic carbocycles. The summed E-state index contributed by atoms with van der Waals surface area (Å²) < 4.78 is 13.2. The molecule has 2 rings (SSSR count). The molecule has 1 N–H and O–H groups in total. The predicted octanol–water partition coefficient (Wildman–Crippen LogP) is 4.72. The molecule has 2 unspecified atom stereocenters. The zero-order valence-corrected chi connectivity index (χ0v) is 11.1. The average Bonchev–Trinajstić information content (AvgIpc) is 2.13. The molecule has 1 nitrogen and oxygen atoms in total. The normalized spacial score (nSPS) is 29.1. The molecule has 1 fully saturated rings. The fraction of sp³-hybridized carbons (Fsp3) is 0.571. The van der Waals surface area contributed by atoms with Gasteiger partial charge in [0.2, 0.25) is 0 Å². The molecule has 1 aliphatic rings. The maximum Gasteiger partial charge on any atom is 0.126 e. The zero-order chi connectivity index (χ0) is 12.4. The number of nitrogens with one attached hydrogen (secondary N) is 1. The van der Waals surface area contributed by atoms with Crippen LogP contribution in [-0.2, 0) is 0 Å². The highest BCUT2D eigenvalue weighted by molar-refractivity contribution is 6.30. The fourth-order valence-corrected chi connectivity index (χ4v) is 3.16. The third-order valence-electron chi connectivity index (χ3n) is 3.41. The van der Waals surface area contributed by atoms with Gasteiger partial charge in [-0.2, -0.15) is 0 Å². The van der Waals surface area contributed by atoms with Gasteiger partial charge < -0.3 is 5.32 Å². The zero-order valence-electron chi connectivity index (χ0n) is 10.3. The number of rotatable bonds is 2. The molecule has 1 saturated carbocycles. The molecule has 0 saturated heterocycles. The van der Waals surface area contributed by atoms with Crippen molar-refractivity contribution in [2.24, 2.45) is 11.8 Å². The van der Waals surface area contributed by atoms with Crippen molar-refractivity contribution in [3.63, 3.8) is 0 Å². The molecule has 0 aromatic heterocycles. The van der Waals surface area contributed by atoms with Crippen molar-refractivity contribution in [3.05, 3.63) is 29.0 Å². The second-order valence-electron chi connectivity index (χ2n) is 5.42.